The zero-order chi connectivity index (χ0) is 14.7. The number of carbonyl (C=O) groups is 2. The number of Topliss-reactive ketones (excluding diaryl/α,β-unsaturated/α-hetero) is 1. The number of nitrogens with zero attached hydrogens (tertiary/aromatic N) is 1. The van der Waals surface area contributed by atoms with E-state index in [0.717, 1.165) is 11.8 Å². The molecular weight excluding hydrogens is 259 g/mol. The van der Waals surface area contributed by atoms with Gasteiger partial charge in [-0.3, -0.25) is 14.6 Å². The van der Waals surface area contributed by atoms with E-state index in [4.69, 9.17) is 0 Å². The molecule has 0 aliphatic rings. The number of carbonyl (C=O) groups excluding carboxylic acids is 2. The van der Waals surface area contributed by atoms with Crippen LogP contribution in [0.3, 0.4) is 0 Å². The van der Waals surface area contributed by atoms with E-state index in [0.29, 0.717) is 11.3 Å². The van der Waals surface area contributed by atoms with Crippen LogP contribution in [0.4, 0.5) is 10.1 Å². The van der Waals surface area contributed by atoms with Crippen molar-refractivity contribution in [3.05, 3.63) is 59.2 Å². The van der Waals surface area contributed by atoms with Crippen molar-refractivity contribution in [2.75, 3.05) is 5.32 Å². The van der Waals surface area contributed by atoms with Gasteiger partial charge in [0.1, 0.15) is 0 Å². The third-order valence-corrected chi connectivity index (χ3v) is 2.89. The average Bonchev–Trinajstić information content (AvgIpc) is 2.41. The summed E-state index contributed by atoms with van der Waals surface area (Å²) < 4.78 is 13.4. The lowest BCUT2D eigenvalue weighted by molar-refractivity contribution is 0.100. The molecule has 1 heterocycles. The van der Waals surface area contributed by atoms with E-state index in [-0.39, 0.29) is 11.3 Å². The summed E-state index contributed by atoms with van der Waals surface area (Å²) in [7, 11) is 0. The number of benzene rings is 1. The second kappa shape index (κ2) is 5.61. The first kappa shape index (κ1) is 13.9. The molecule has 1 aromatic heterocycles. The summed E-state index contributed by atoms with van der Waals surface area (Å²) in [4.78, 5) is 27.0. The van der Waals surface area contributed by atoms with Crippen LogP contribution in [-0.2, 0) is 0 Å². The van der Waals surface area contributed by atoms with Gasteiger partial charge >= 0.3 is 0 Å². The molecule has 0 fully saturated rings. The maximum Gasteiger partial charge on any atom is 0.258 e. The van der Waals surface area contributed by atoms with Crippen molar-refractivity contribution in [1.82, 2.24) is 4.98 Å². The van der Waals surface area contributed by atoms with Crippen LogP contribution in [0.2, 0.25) is 0 Å². The van der Waals surface area contributed by atoms with Crippen LogP contribution < -0.4 is 5.32 Å². The lowest BCUT2D eigenvalue weighted by Gasteiger charge is -2.08. The molecule has 0 atom stereocenters. The molecule has 1 amide bonds. The number of ketones is 1. The Balaban J connectivity index is 2.27. The summed E-state index contributed by atoms with van der Waals surface area (Å²) in [6, 6.07) is 6.27. The minimum absolute atomic E-state index is 0.0892. The number of rotatable bonds is 3. The molecule has 0 radical (unpaired) electrons. The first-order valence-electron chi connectivity index (χ1n) is 6.01. The third kappa shape index (κ3) is 2.88. The highest BCUT2D eigenvalue weighted by molar-refractivity contribution is 6.05. The number of hydrogen-bond donors (Lipinski definition) is 1. The lowest BCUT2D eigenvalue weighted by Crippen LogP contribution is -2.14. The van der Waals surface area contributed by atoms with Gasteiger partial charge in [-0.05, 0) is 37.6 Å². The molecule has 5 heteroatoms. The summed E-state index contributed by atoms with van der Waals surface area (Å²) in [6.45, 7) is 3.27. The Hall–Kier alpha value is -2.56. The molecule has 20 heavy (non-hydrogen) atoms. The topological polar surface area (TPSA) is 59.1 Å². The second-order valence-corrected chi connectivity index (χ2v) is 4.40. The number of amides is 1. The SMILES string of the molecule is CC(=O)c1cc(NC(=O)c2ccncc2F)ccc1C. The fourth-order valence-corrected chi connectivity index (χ4v) is 1.84. The molecule has 0 aliphatic carbocycles. The van der Waals surface area contributed by atoms with E-state index in [2.05, 4.69) is 10.3 Å². The first-order chi connectivity index (χ1) is 9.49. The predicted octanol–water partition coefficient (Wildman–Crippen LogP) is 2.98. The Morgan fingerprint density at radius 2 is 1.95 bits per heavy atom. The van der Waals surface area contributed by atoms with E-state index in [1.165, 1.54) is 19.2 Å². The maximum atomic E-state index is 13.4. The Kier molecular flexibility index (Phi) is 3.89. The second-order valence-electron chi connectivity index (χ2n) is 4.40. The molecule has 0 saturated carbocycles. The fourth-order valence-electron chi connectivity index (χ4n) is 1.84. The summed E-state index contributed by atoms with van der Waals surface area (Å²) in [6.07, 6.45) is 2.32. The van der Waals surface area contributed by atoms with Crippen molar-refractivity contribution in [2.45, 2.75) is 13.8 Å². The predicted molar refractivity (Wildman–Crippen MR) is 73.3 cm³/mol. The van der Waals surface area contributed by atoms with Gasteiger partial charge in [-0.2, -0.15) is 0 Å². The summed E-state index contributed by atoms with van der Waals surface area (Å²) in [5, 5.41) is 2.56. The van der Waals surface area contributed by atoms with Gasteiger partial charge < -0.3 is 5.32 Å². The van der Waals surface area contributed by atoms with Crippen molar-refractivity contribution in [3.63, 3.8) is 0 Å². The van der Waals surface area contributed by atoms with Crippen LogP contribution in [0.5, 0.6) is 0 Å². The highest BCUT2D eigenvalue weighted by atomic mass is 19.1. The molecule has 0 spiro atoms. The summed E-state index contributed by atoms with van der Waals surface area (Å²) >= 11 is 0. The quantitative estimate of drug-likeness (QED) is 0.874. The zero-order valence-corrected chi connectivity index (χ0v) is 11.1. The highest BCUT2D eigenvalue weighted by Gasteiger charge is 2.12. The summed E-state index contributed by atoms with van der Waals surface area (Å²) in [5.74, 6) is -1.36. The minimum Gasteiger partial charge on any atom is -0.322 e. The van der Waals surface area contributed by atoms with Gasteiger partial charge in [0.2, 0.25) is 0 Å². The third-order valence-electron chi connectivity index (χ3n) is 2.89. The van der Waals surface area contributed by atoms with Crippen molar-refractivity contribution < 1.29 is 14.0 Å². The molecule has 0 aliphatic heterocycles. The largest absolute Gasteiger partial charge is 0.322 e. The van der Waals surface area contributed by atoms with Gasteiger partial charge in [-0.15, -0.1) is 0 Å². The summed E-state index contributed by atoms with van der Waals surface area (Å²) in [5.41, 5.74) is 1.70. The van der Waals surface area contributed by atoms with Crippen LogP contribution >= 0.6 is 0 Å². The van der Waals surface area contributed by atoms with Gasteiger partial charge in [0, 0.05) is 17.4 Å². The van der Waals surface area contributed by atoms with Crippen LogP contribution in [0.15, 0.2) is 36.7 Å². The van der Waals surface area contributed by atoms with Crippen LogP contribution in [0.25, 0.3) is 0 Å². The minimum atomic E-state index is -0.691. The standard InChI is InChI=1S/C15H13FN2O2/c1-9-3-4-11(7-13(9)10(2)19)18-15(20)12-5-6-17-8-14(12)16/h3-8H,1-2H3,(H,18,20). The van der Waals surface area contributed by atoms with Gasteiger partial charge in [0.25, 0.3) is 5.91 Å². The molecule has 1 aromatic carbocycles. The number of aryl methyl sites for hydroxylation is 1. The van der Waals surface area contributed by atoms with Crippen LogP contribution in [0, 0.1) is 12.7 Å². The smallest absolute Gasteiger partial charge is 0.258 e. The Morgan fingerprint density at radius 1 is 1.20 bits per heavy atom. The molecule has 0 unspecified atom stereocenters. The number of halogens is 1. The molecule has 2 rings (SSSR count). The van der Waals surface area contributed by atoms with Gasteiger partial charge in [-0.1, -0.05) is 6.07 Å². The number of hydrogen-bond acceptors (Lipinski definition) is 3. The van der Waals surface area contributed by atoms with E-state index in [1.54, 1.807) is 18.2 Å². The van der Waals surface area contributed by atoms with Gasteiger partial charge in [0.05, 0.1) is 11.8 Å². The first-order valence-corrected chi connectivity index (χ1v) is 6.01. The van der Waals surface area contributed by atoms with E-state index in [1.807, 2.05) is 6.92 Å². The van der Waals surface area contributed by atoms with Gasteiger partial charge in [0.15, 0.2) is 11.6 Å². The number of pyridine rings is 1. The number of aromatic nitrogens is 1. The van der Waals surface area contributed by atoms with Crippen molar-refractivity contribution in [1.29, 1.82) is 0 Å². The van der Waals surface area contributed by atoms with E-state index in [9.17, 15) is 14.0 Å². The maximum absolute atomic E-state index is 13.4. The van der Waals surface area contributed by atoms with Crippen molar-refractivity contribution >= 4 is 17.4 Å². The van der Waals surface area contributed by atoms with Gasteiger partial charge in [-0.25, -0.2) is 4.39 Å². The fraction of sp³-hybridized carbons (Fsp3) is 0.133. The molecule has 0 saturated heterocycles. The molecule has 4 nitrogen and oxygen atoms in total. The molecular formula is C15H13FN2O2. The normalized spacial score (nSPS) is 10.2. The van der Waals surface area contributed by atoms with Crippen molar-refractivity contribution in [3.8, 4) is 0 Å². The lowest BCUT2D eigenvalue weighted by atomic mass is 10.0. The number of nitrogens with one attached hydrogen (secondary N) is 1. The van der Waals surface area contributed by atoms with Crippen LogP contribution in [0.1, 0.15) is 33.2 Å². The van der Waals surface area contributed by atoms with Crippen LogP contribution in [-0.4, -0.2) is 16.7 Å². The van der Waals surface area contributed by atoms with Crippen molar-refractivity contribution in [2.24, 2.45) is 0 Å². The molecule has 2 aromatic rings. The molecule has 1 N–H and O–H groups in total. The highest BCUT2D eigenvalue weighted by Crippen LogP contribution is 2.17. The average molecular weight is 272 g/mol. The monoisotopic (exact) mass is 272 g/mol. The molecule has 0 bridgehead atoms. The van der Waals surface area contributed by atoms with E-state index < -0.39 is 11.7 Å². The zero-order valence-electron chi connectivity index (χ0n) is 11.1. The molecule has 102 valence electrons. The Bertz CT molecular complexity index is 683. The Labute approximate surface area is 115 Å². The van der Waals surface area contributed by atoms with E-state index >= 15 is 0 Å². The Morgan fingerprint density at radius 3 is 2.60 bits per heavy atom. The number of anilines is 1.